The minimum Gasteiger partial charge on any atom is -0.355 e. The first-order valence-electron chi connectivity index (χ1n) is 5.68. The molecule has 0 unspecified atom stereocenters. The number of benzene rings is 1. The molecule has 0 atom stereocenters. The Hall–Kier alpha value is -1.01. The molecule has 0 heterocycles. The fourth-order valence-corrected chi connectivity index (χ4v) is 2.20. The van der Waals surface area contributed by atoms with Crippen LogP contribution >= 0.6 is 12.6 Å². The molecule has 0 radical (unpaired) electrons. The molecule has 0 aliphatic carbocycles. The van der Waals surface area contributed by atoms with E-state index in [9.17, 15) is 13.2 Å². The lowest BCUT2D eigenvalue weighted by Gasteiger charge is -2.05. The molecule has 4 nitrogen and oxygen atoms in total. The normalized spacial score (nSPS) is 11.2. The standard InChI is InChI=1S/C12H17NO3S2/c1-2-18(15,16)8-7-13-12(14)9-10-3-5-11(17)6-4-10/h3-6,17H,2,7-9H2,1H3,(H,13,14). The molecule has 1 aromatic rings. The highest BCUT2D eigenvalue weighted by Crippen LogP contribution is 2.08. The Morgan fingerprint density at radius 3 is 2.44 bits per heavy atom. The summed E-state index contributed by atoms with van der Waals surface area (Å²) in [4.78, 5) is 12.4. The lowest BCUT2D eigenvalue weighted by molar-refractivity contribution is -0.120. The van der Waals surface area contributed by atoms with Gasteiger partial charge in [-0.2, -0.15) is 0 Å². The van der Waals surface area contributed by atoms with Crippen molar-refractivity contribution in [1.29, 1.82) is 0 Å². The number of amides is 1. The summed E-state index contributed by atoms with van der Waals surface area (Å²) in [6.07, 6.45) is 0.250. The van der Waals surface area contributed by atoms with Crippen molar-refractivity contribution in [1.82, 2.24) is 5.32 Å². The van der Waals surface area contributed by atoms with Crippen LogP contribution in [0.15, 0.2) is 29.2 Å². The van der Waals surface area contributed by atoms with Crippen molar-refractivity contribution < 1.29 is 13.2 Å². The first-order chi connectivity index (χ1) is 8.43. The van der Waals surface area contributed by atoms with Crippen molar-refractivity contribution in [2.45, 2.75) is 18.2 Å². The maximum Gasteiger partial charge on any atom is 0.224 e. The molecule has 0 aromatic heterocycles. The summed E-state index contributed by atoms with van der Waals surface area (Å²) in [5.74, 6) is -0.0786. The van der Waals surface area contributed by atoms with Crippen molar-refractivity contribution in [3.63, 3.8) is 0 Å². The van der Waals surface area contributed by atoms with Crippen LogP contribution < -0.4 is 5.32 Å². The van der Waals surface area contributed by atoms with E-state index in [4.69, 9.17) is 0 Å². The van der Waals surface area contributed by atoms with Gasteiger partial charge in [0.05, 0.1) is 12.2 Å². The highest BCUT2D eigenvalue weighted by Gasteiger charge is 2.08. The maximum atomic E-state index is 11.5. The molecular formula is C12H17NO3S2. The summed E-state index contributed by atoms with van der Waals surface area (Å²) in [6.45, 7) is 1.76. The first-order valence-corrected chi connectivity index (χ1v) is 7.95. The molecule has 0 saturated heterocycles. The van der Waals surface area contributed by atoms with Gasteiger partial charge in [-0.1, -0.05) is 19.1 Å². The average molecular weight is 287 g/mol. The Labute approximate surface area is 113 Å². The van der Waals surface area contributed by atoms with E-state index in [1.54, 1.807) is 6.92 Å². The molecule has 6 heteroatoms. The van der Waals surface area contributed by atoms with Gasteiger partial charge in [0.2, 0.25) is 5.91 Å². The van der Waals surface area contributed by atoms with Gasteiger partial charge in [-0.25, -0.2) is 8.42 Å². The van der Waals surface area contributed by atoms with E-state index in [0.717, 1.165) is 10.5 Å². The van der Waals surface area contributed by atoms with Crippen molar-refractivity contribution in [3.05, 3.63) is 29.8 Å². The van der Waals surface area contributed by atoms with Crippen molar-refractivity contribution in [2.75, 3.05) is 18.1 Å². The van der Waals surface area contributed by atoms with E-state index in [0.29, 0.717) is 0 Å². The van der Waals surface area contributed by atoms with E-state index in [2.05, 4.69) is 17.9 Å². The predicted octanol–water partition coefficient (Wildman–Crippen LogP) is 1.07. The Morgan fingerprint density at radius 1 is 1.28 bits per heavy atom. The molecule has 0 bridgehead atoms. The molecule has 18 heavy (non-hydrogen) atoms. The maximum absolute atomic E-state index is 11.5. The second kappa shape index (κ2) is 6.80. The van der Waals surface area contributed by atoms with E-state index < -0.39 is 9.84 Å². The number of sulfone groups is 1. The fraction of sp³-hybridized carbons (Fsp3) is 0.417. The molecule has 0 spiro atoms. The van der Waals surface area contributed by atoms with Crippen LogP contribution in [0.2, 0.25) is 0 Å². The Bertz CT molecular complexity index is 495. The fourth-order valence-electron chi connectivity index (χ4n) is 1.35. The van der Waals surface area contributed by atoms with E-state index in [-0.39, 0.29) is 30.4 Å². The Balaban J connectivity index is 2.36. The topological polar surface area (TPSA) is 63.2 Å². The van der Waals surface area contributed by atoms with Gasteiger partial charge in [0.1, 0.15) is 0 Å². The van der Waals surface area contributed by atoms with Gasteiger partial charge in [0.15, 0.2) is 9.84 Å². The Morgan fingerprint density at radius 2 is 1.89 bits per heavy atom. The smallest absolute Gasteiger partial charge is 0.224 e. The highest BCUT2D eigenvalue weighted by atomic mass is 32.2. The quantitative estimate of drug-likeness (QED) is 0.769. The van der Waals surface area contributed by atoms with Crippen molar-refractivity contribution >= 4 is 28.4 Å². The predicted molar refractivity (Wildman–Crippen MR) is 74.7 cm³/mol. The van der Waals surface area contributed by atoms with Crippen LogP contribution in [0, 0.1) is 0 Å². The van der Waals surface area contributed by atoms with Crippen molar-refractivity contribution in [2.24, 2.45) is 0 Å². The van der Waals surface area contributed by atoms with Crippen LogP contribution in [0.3, 0.4) is 0 Å². The number of hydrogen-bond acceptors (Lipinski definition) is 4. The number of thiol groups is 1. The van der Waals surface area contributed by atoms with Gasteiger partial charge in [0, 0.05) is 17.2 Å². The monoisotopic (exact) mass is 287 g/mol. The molecule has 1 amide bonds. The molecule has 1 N–H and O–H groups in total. The summed E-state index contributed by atoms with van der Waals surface area (Å²) in [6, 6.07) is 7.27. The number of carbonyl (C=O) groups is 1. The van der Waals surface area contributed by atoms with Gasteiger partial charge in [-0.3, -0.25) is 4.79 Å². The third-order valence-electron chi connectivity index (χ3n) is 2.48. The molecule has 0 fully saturated rings. The lowest BCUT2D eigenvalue weighted by atomic mass is 10.1. The molecule has 0 aliphatic heterocycles. The van der Waals surface area contributed by atoms with E-state index in [1.165, 1.54) is 0 Å². The SMILES string of the molecule is CCS(=O)(=O)CCNC(=O)Cc1ccc(S)cc1. The zero-order valence-electron chi connectivity index (χ0n) is 10.2. The van der Waals surface area contributed by atoms with Crippen LogP contribution in [-0.2, 0) is 21.1 Å². The second-order valence-electron chi connectivity index (χ2n) is 3.93. The van der Waals surface area contributed by atoms with Gasteiger partial charge >= 0.3 is 0 Å². The van der Waals surface area contributed by atoms with Gasteiger partial charge in [0.25, 0.3) is 0 Å². The molecule has 1 aromatic carbocycles. The number of carbonyl (C=O) groups excluding carboxylic acids is 1. The minimum atomic E-state index is -3.02. The third-order valence-corrected chi connectivity index (χ3v) is 4.48. The molecule has 1 rings (SSSR count). The van der Waals surface area contributed by atoms with E-state index >= 15 is 0 Å². The summed E-state index contributed by atoms with van der Waals surface area (Å²) < 4.78 is 22.4. The first kappa shape index (κ1) is 15.0. The molecule has 0 aliphatic rings. The summed E-state index contributed by atoms with van der Waals surface area (Å²) in [5.41, 5.74) is 0.878. The van der Waals surface area contributed by atoms with Crippen LogP contribution in [0.25, 0.3) is 0 Å². The molecule has 100 valence electrons. The molecule has 0 saturated carbocycles. The average Bonchev–Trinajstić information content (AvgIpc) is 2.32. The third kappa shape index (κ3) is 5.55. The number of nitrogens with one attached hydrogen (secondary N) is 1. The largest absolute Gasteiger partial charge is 0.355 e. The number of rotatable bonds is 6. The van der Waals surface area contributed by atoms with Crippen molar-refractivity contribution in [3.8, 4) is 0 Å². The van der Waals surface area contributed by atoms with Gasteiger partial charge < -0.3 is 5.32 Å². The zero-order valence-corrected chi connectivity index (χ0v) is 11.9. The summed E-state index contributed by atoms with van der Waals surface area (Å²) in [5, 5.41) is 2.60. The van der Waals surface area contributed by atoms with E-state index in [1.807, 2.05) is 24.3 Å². The zero-order chi connectivity index (χ0) is 13.6. The minimum absolute atomic E-state index is 0.00911. The summed E-state index contributed by atoms with van der Waals surface area (Å²) in [7, 11) is -3.02. The Kier molecular flexibility index (Phi) is 5.68. The second-order valence-corrected chi connectivity index (χ2v) is 6.92. The van der Waals surface area contributed by atoms with Gasteiger partial charge in [-0.15, -0.1) is 12.6 Å². The van der Waals surface area contributed by atoms with Gasteiger partial charge in [-0.05, 0) is 17.7 Å². The summed E-state index contributed by atoms with van der Waals surface area (Å²) >= 11 is 4.15. The van der Waals surface area contributed by atoms with Crippen LogP contribution in [0.4, 0.5) is 0 Å². The number of hydrogen-bond donors (Lipinski definition) is 2. The van der Waals surface area contributed by atoms with Crippen LogP contribution in [0.5, 0.6) is 0 Å². The van der Waals surface area contributed by atoms with Crippen LogP contribution in [-0.4, -0.2) is 32.4 Å². The lowest BCUT2D eigenvalue weighted by Crippen LogP contribution is -2.30. The highest BCUT2D eigenvalue weighted by molar-refractivity contribution is 7.91. The van der Waals surface area contributed by atoms with Crippen LogP contribution in [0.1, 0.15) is 12.5 Å². The molecular weight excluding hydrogens is 270 g/mol.